The molecule has 25 heavy (non-hydrogen) atoms. The smallest absolute Gasteiger partial charge is 0.244 e. The van der Waals surface area contributed by atoms with Gasteiger partial charge in [0.25, 0.3) is 0 Å². The summed E-state index contributed by atoms with van der Waals surface area (Å²) < 4.78 is 27.8. The number of sulfonamides is 1. The summed E-state index contributed by atoms with van der Waals surface area (Å²) in [6.07, 6.45) is 1.03. The lowest BCUT2D eigenvalue weighted by Gasteiger charge is -2.30. The van der Waals surface area contributed by atoms with Crippen molar-refractivity contribution in [3.05, 3.63) is 63.6 Å². The van der Waals surface area contributed by atoms with Crippen LogP contribution in [0, 0.1) is 5.92 Å². The zero-order chi connectivity index (χ0) is 18.0. The van der Waals surface area contributed by atoms with Crippen LogP contribution in [0.15, 0.2) is 57.9 Å². The van der Waals surface area contributed by atoms with Gasteiger partial charge in [-0.1, -0.05) is 57.9 Å². The number of hydrogen-bond donors (Lipinski definition) is 0. The summed E-state index contributed by atoms with van der Waals surface area (Å²) in [4.78, 5) is 12.6. The first-order valence-corrected chi connectivity index (χ1v) is 10.5. The maximum absolute atomic E-state index is 12.8. The SMILES string of the molecule is O=C(c1ccccc1)C1CCN(S(=O)(=O)c2ccc(Br)cc2Cl)CC1. The summed E-state index contributed by atoms with van der Waals surface area (Å²) in [7, 11) is -3.65. The van der Waals surface area contributed by atoms with Gasteiger partial charge in [0.05, 0.1) is 5.02 Å². The summed E-state index contributed by atoms with van der Waals surface area (Å²) in [6.45, 7) is 0.635. The monoisotopic (exact) mass is 441 g/mol. The first kappa shape index (κ1) is 18.6. The van der Waals surface area contributed by atoms with E-state index in [1.807, 2.05) is 18.2 Å². The maximum atomic E-state index is 12.8. The van der Waals surface area contributed by atoms with Gasteiger partial charge in [-0.05, 0) is 31.0 Å². The quantitative estimate of drug-likeness (QED) is 0.660. The van der Waals surface area contributed by atoms with Gasteiger partial charge in [-0.2, -0.15) is 4.31 Å². The zero-order valence-corrected chi connectivity index (χ0v) is 16.5. The lowest BCUT2D eigenvalue weighted by atomic mass is 9.90. The molecule has 1 heterocycles. The van der Waals surface area contributed by atoms with Crippen LogP contribution in [0.5, 0.6) is 0 Å². The van der Waals surface area contributed by atoms with Crippen molar-refractivity contribution in [2.24, 2.45) is 5.92 Å². The normalized spacial score (nSPS) is 16.7. The van der Waals surface area contributed by atoms with Crippen LogP contribution in [0.2, 0.25) is 5.02 Å². The van der Waals surface area contributed by atoms with Crippen LogP contribution in [0.25, 0.3) is 0 Å². The lowest BCUT2D eigenvalue weighted by Crippen LogP contribution is -2.40. The number of Topliss-reactive ketones (excluding diaryl/α,β-unsaturated/α-hetero) is 1. The van der Waals surface area contributed by atoms with E-state index in [1.165, 1.54) is 10.4 Å². The van der Waals surface area contributed by atoms with E-state index in [1.54, 1.807) is 24.3 Å². The van der Waals surface area contributed by atoms with Crippen LogP contribution >= 0.6 is 27.5 Å². The van der Waals surface area contributed by atoms with Gasteiger partial charge in [-0.15, -0.1) is 0 Å². The zero-order valence-electron chi connectivity index (χ0n) is 13.4. The molecule has 0 spiro atoms. The number of halogens is 2. The number of piperidine rings is 1. The van der Waals surface area contributed by atoms with E-state index in [4.69, 9.17) is 11.6 Å². The minimum atomic E-state index is -3.65. The average molecular weight is 443 g/mol. The molecule has 4 nitrogen and oxygen atoms in total. The Bertz CT molecular complexity index is 878. The van der Waals surface area contributed by atoms with E-state index in [2.05, 4.69) is 15.9 Å². The van der Waals surface area contributed by atoms with Crippen molar-refractivity contribution in [1.29, 1.82) is 0 Å². The number of ketones is 1. The van der Waals surface area contributed by atoms with Gasteiger partial charge >= 0.3 is 0 Å². The molecule has 0 aromatic heterocycles. The van der Waals surface area contributed by atoms with Gasteiger partial charge in [0, 0.05) is 29.0 Å². The first-order valence-electron chi connectivity index (χ1n) is 7.94. The molecule has 0 amide bonds. The molecular formula is C18H17BrClNO3S. The molecule has 0 atom stereocenters. The van der Waals surface area contributed by atoms with Gasteiger partial charge in [-0.3, -0.25) is 4.79 Å². The molecule has 132 valence electrons. The molecule has 0 saturated carbocycles. The molecule has 1 aliphatic rings. The van der Waals surface area contributed by atoms with E-state index in [9.17, 15) is 13.2 Å². The molecule has 0 unspecified atom stereocenters. The second-order valence-electron chi connectivity index (χ2n) is 5.98. The summed E-state index contributed by atoms with van der Waals surface area (Å²) >= 11 is 9.38. The number of carbonyl (C=O) groups is 1. The first-order chi connectivity index (χ1) is 11.9. The second-order valence-corrected chi connectivity index (χ2v) is 9.21. The predicted molar refractivity (Wildman–Crippen MR) is 101 cm³/mol. The second kappa shape index (κ2) is 7.58. The number of benzene rings is 2. The molecule has 3 rings (SSSR count). The van der Waals surface area contributed by atoms with Crippen molar-refractivity contribution < 1.29 is 13.2 Å². The average Bonchev–Trinajstić information content (AvgIpc) is 2.61. The molecule has 2 aromatic carbocycles. The van der Waals surface area contributed by atoms with Crippen molar-refractivity contribution in [3.63, 3.8) is 0 Å². The van der Waals surface area contributed by atoms with Crippen LogP contribution in [0.4, 0.5) is 0 Å². The molecule has 0 bridgehead atoms. The fourth-order valence-electron chi connectivity index (χ4n) is 3.02. The molecule has 0 N–H and O–H groups in total. The number of hydrogen-bond acceptors (Lipinski definition) is 3. The van der Waals surface area contributed by atoms with Crippen LogP contribution < -0.4 is 0 Å². The van der Waals surface area contributed by atoms with Gasteiger partial charge < -0.3 is 0 Å². The van der Waals surface area contributed by atoms with Crippen molar-refractivity contribution >= 4 is 43.3 Å². The fourth-order valence-corrected chi connectivity index (χ4v) is 5.50. The third-order valence-electron chi connectivity index (χ3n) is 4.39. The third kappa shape index (κ3) is 3.97. The largest absolute Gasteiger partial charge is 0.294 e. The van der Waals surface area contributed by atoms with Crippen molar-refractivity contribution in [3.8, 4) is 0 Å². The van der Waals surface area contributed by atoms with Gasteiger partial charge in [0.15, 0.2) is 5.78 Å². The highest BCUT2D eigenvalue weighted by Crippen LogP contribution is 2.31. The molecule has 0 radical (unpaired) electrons. The maximum Gasteiger partial charge on any atom is 0.244 e. The fraction of sp³-hybridized carbons (Fsp3) is 0.278. The Morgan fingerprint density at radius 3 is 2.32 bits per heavy atom. The summed E-state index contributed by atoms with van der Waals surface area (Å²) in [6, 6.07) is 13.9. The summed E-state index contributed by atoms with van der Waals surface area (Å²) in [5, 5.41) is 0.192. The molecule has 1 fully saturated rings. The Morgan fingerprint density at radius 2 is 1.72 bits per heavy atom. The Labute approximate surface area is 161 Å². The summed E-state index contributed by atoms with van der Waals surface area (Å²) in [5.41, 5.74) is 0.680. The van der Waals surface area contributed by atoms with E-state index in [0.717, 1.165) is 4.47 Å². The van der Waals surface area contributed by atoms with Crippen LogP contribution in [-0.4, -0.2) is 31.6 Å². The van der Waals surface area contributed by atoms with Crippen LogP contribution in [0.3, 0.4) is 0 Å². The Balaban J connectivity index is 1.72. The molecular weight excluding hydrogens is 426 g/mol. The van der Waals surface area contributed by atoms with E-state index >= 15 is 0 Å². The van der Waals surface area contributed by atoms with E-state index in [0.29, 0.717) is 31.5 Å². The Morgan fingerprint density at radius 1 is 1.08 bits per heavy atom. The van der Waals surface area contributed by atoms with E-state index in [-0.39, 0.29) is 21.6 Å². The van der Waals surface area contributed by atoms with E-state index < -0.39 is 10.0 Å². The Hall–Kier alpha value is -1.21. The molecule has 1 saturated heterocycles. The minimum absolute atomic E-state index is 0.0827. The summed E-state index contributed by atoms with van der Waals surface area (Å²) in [5.74, 6) is -0.0615. The number of rotatable bonds is 4. The van der Waals surface area contributed by atoms with Crippen molar-refractivity contribution in [2.45, 2.75) is 17.7 Å². The third-order valence-corrected chi connectivity index (χ3v) is 7.27. The number of nitrogens with zero attached hydrogens (tertiary/aromatic N) is 1. The van der Waals surface area contributed by atoms with Gasteiger partial charge in [0.2, 0.25) is 10.0 Å². The molecule has 1 aliphatic heterocycles. The molecule has 0 aliphatic carbocycles. The predicted octanol–water partition coefficient (Wildman–Crippen LogP) is 4.39. The standard InChI is InChI=1S/C18H17BrClNO3S/c19-15-6-7-17(16(20)12-15)25(23,24)21-10-8-14(9-11-21)18(22)13-4-2-1-3-5-13/h1-7,12,14H,8-11H2. The van der Waals surface area contributed by atoms with Crippen LogP contribution in [-0.2, 0) is 10.0 Å². The number of carbonyl (C=O) groups excluding carboxylic acids is 1. The highest BCUT2D eigenvalue weighted by Gasteiger charge is 2.33. The highest BCUT2D eigenvalue weighted by atomic mass is 79.9. The van der Waals surface area contributed by atoms with Gasteiger partial charge in [-0.25, -0.2) is 8.42 Å². The minimum Gasteiger partial charge on any atom is -0.294 e. The van der Waals surface area contributed by atoms with Crippen molar-refractivity contribution in [2.75, 3.05) is 13.1 Å². The lowest BCUT2D eigenvalue weighted by molar-refractivity contribution is 0.0875. The topological polar surface area (TPSA) is 54.5 Å². The highest BCUT2D eigenvalue weighted by molar-refractivity contribution is 9.10. The van der Waals surface area contributed by atoms with Gasteiger partial charge in [0.1, 0.15) is 4.90 Å². The molecule has 2 aromatic rings. The van der Waals surface area contributed by atoms with Crippen LogP contribution in [0.1, 0.15) is 23.2 Å². The Kier molecular flexibility index (Phi) is 5.63. The van der Waals surface area contributed by atoms with Crippen molar-refractivity contribution in [1.82, 2.24) is 4.31 Å². The molecule has 7 heteroatoms.